The molecule has 2 aromatic rings. The van der Waals surface area contributed by atoms with Gasteiger partial charge in [0.25, 0.3) is 5.91 Å². The van der Waals surface area contributed by atoms with Crippen LogP contribution in [0.5, 0.6) is 11.5 Å². The average Bonchev–Trinajstić information content (AvgIpc) is 3.40. The third kappa shape index (κ3) is 6.10. The molecular weight excluding hydrogens is 452 g/mol. The second kappa shape index (κ2) is 12.2. The Bertz CT molecular complexity index is 929. The standard InChI is InChI=1S/C26H34N2O5S/c1-2-31-16-9-15-28(26(30)22-18-32-20-12-6-7-13-21(20)33-22)24(23-14-8-17-34-23)25(29)27-19-10-4-3-5-11-19/h6-8,12-14,17,19,22,24H,2-5,9-11,15-16,18H2,1H3,(H,27,29)/t22-,24+/m1/s1. The smallest absolute Gasteiger partial charge is 0.268 e. The van der Waals surface area contributed by atoms with Gasteiger partial charge in [-0.1, -0.05) is 37.5 Å². The number of hydrogen-bond donors (Lipinski definition) is 1. The van der Waals surface area contributed by atoms with Crippen LogP contribution in [0.3, 0.4) is 0 Å². The Morgan fingerprint density at radius 1 is 1.15 bits per heavy atom. The lowest BCUT2D eigenvalue weighted by atomic mass is 9.95. The van der Waals surface area contributed by atoms with Crippen LogP contribution in [0.4, 0.5) is 0 Å². The molecule has 0 saturated heterocycles. The van der Waals surface area contributed by atoms with Gasteiger partial charge in [0.15, 0.2) is 11.5 Å². The predicted octanol–water partition coefficient (Wildman–Crippen LogP) is 4.33. The summed E-state index contributed by atoms with van der Waals surface area (Å²) in [5, 5.41) is 5.17. The molecule has 4 rings (SSSR count). The first-order chi connectivity index (χ1) is 16.7. The maximum absolute atomic E-state index is 13.8. The van der Waals surface area contributed by atoms with E-state index in [1.807, 2.05) is 42.6 Å². The molecule has 0 bridgehead atoms. The fourth-order valence-corrected chi connectivity index (χ4v) is 5.41. The van der Waals surface area contributed by atoms with Crippen molar-refractivity contribution in [1.82, 2.24) is 10.2 Å². The first-order valence-electron chi connectivity index (χ1n) is 12.3. The molecule has 184 valence electrons. The van der Waals surface area contributed by atoms with Gasteiger partial charge in [-0.2, -0.15) is 0 Å². The van der Waals surface area contributed by atoms with Gasteiger partial charge in [-0.15, -0.1) is 11.3 Å². The third-order valence-electron chi connectivity index (χ3n) is 6.28. The lowest BCUT2D eigenvalue weighted by molar-refractivity contribution is -0.148. The van der Waals surface area contributed by atoms with Crippen LogP contribution in [0.1, 0.15) is 56.4 Å². The topological polar surface area (TPSA) is 77.1 Å². The van der Waals surface area contributed by atoms with Gasteiger partial charge in [0.05, 0.1) is 0 Å². The van der Waals surface area contributed by atoms with Crippen LogP contribution in [-0.4, -0.2) is 55.2 Å². The maximum atomic E-state index is 13.8. The molecule has 2 atom stereocenters. The van der Waals surface area contributed by atoms with Gasteiger partial charge < -0.3 is 24.4 Å². The monoisotopic (exact) mass is 486 g/mol. The highest BCUT2D eigenvalue weighted by molar-refractivity contribution is 7.10. The predicted molar refractivity (Wildman–Crippen MR) is 131 cm³/mol. The number of carbonyl (C=O) groups is 2. The Morgan fingerprint density at radius 3 is 2.68 bits per heavy atom. The Balaban J connectivity index is 1.56. The second-order valence-corrected chi connectivity index (χ2v) is 9.69. The summed E-state index contributed by atoms with van der Waals surface area (Å²) in [5.74, 6) is 0.791. The minimum atomic E-state index is -0.813. The number of ether oxygens (including phenoxy) is 3. The molecular formula is C26H34N2O5S. The van der Waals surface area contributed by atoms with Crippen molar-refractivity contribution in [3.8, 4) is 11.5 Å². The number of thiophene rings is 1. The molecule has 2 aliphatic rings. The summed E-state index contributed by atoms with van der Waals surface area (Å²) in [6.45, 7) is 3.58. The minimum Gasteiger partial charge on any atom is -0.485 e. The molecule has 1 aromatic carbocycles. The van der Waals surface area contributed by atoms with Crippen LogP contribution in [0.25, 0.3) is 0 Å². The second-order valence-electron chi connectivity index (χ2n) is 8.71. The number of para-hydroxylation sites is 2. The fourth-order valence-electron chi connectivity index (χ4n) is 4.57. The Hall–Kier alpha value is -2.58. The number of rotatable bonds is 10. The quantitative estimate of drug-likeness (QED) is 0.506. The normalized spacial score (nSPS) is 18.8. The van der Waals surface area contributed by atoms with Crippen LogP contribution in [0.15, 0.2) is 41.8 Å². The molecule has 2 amide bonds. The van der Waals surface area contributed by atoms with Gasteiger partial charge in [0, 0.05) is 30.7 Å². The summed E-state index contributed by atoms with van der Waals surface area (Å²) in [5.41, 5.74) is 0. The molecule has 0 unspecified atom stereocenters. The third-order valence-corrected chi connectivity index (χ3v) is 7.21. The molecule has 1 fully saturated rings. The lowest BCUT2D eigenvalue weighted by Crippen LogP contribution is -2.52. The van der Waals surface area contributed by atoms with Crippen LogP contribution in [0, 0.1) is 0 Å². The molecule has 1 N–H and O–H groups in total. The SMILES string of the molecule is CCOCCCN(C(=O)[C@H]1COc2ccccc2O1)[C@H](C(=O)NC1CCCCC1)c1cccs1. The molecule has 1 aliphatic heterocycles. The van der Waals surface area contributed by atoms with Gasteiger partial charge in [0.1, 0.15) is 12.6 Å². The van der Waals surface area contributed by atoms with Crippen molar-refractivity contribution in [3.63, 3.8) is 0 Å². The van der Waals surface area contributed by atoms with Crippen LogP contribution in [0.2, 0.25) is 0 Å². The number of nitrogens with one attached hydrogen (secondary N) is 1. The molecule has 0 radical (unpaired) electrons. The number of fused-ring (bicyclic) bond motifs is 1. The zero-order valence-electron chi connectivity index (χ0n) is 19.7. The van der Waals surface area contributed by atoms with Gasteiger partial charge >= 0.3 is 0 Å². The lowest BCUT2D eigenvalue weighted by Gasteiger charge is -2.35. The Labute approximate surface area is 205 Å². The van der Waals surface area contributed by atoms with E-state index < -0.39 is 12.1 Å². The number of benzene rings is 1. The van der Waals surface area contributed by atoms with Crippen LogP contribution >= 0.6 is 11.3 Å². The first-order valence-corrected chi connectivity index (χ1v) is 13.2. The minimum absolute atomic E-state index is 0.110. The molecule has 1 aromatic heterocycles. The van der Waals surface area contributed by atoms with Crippen molar-refractivity contribution in [2.24, 2.45) is 0 Å². The molecule has 8 heteroatoms. The van der Waals surface area contributed by atoms with Crippen molar-refractivity contribution in [2.45, 2.75) is 63.6 Å². The molecule has 1 aliphatic carbocycles. The van der Waals surface area contributed by atoms with Gasteiger partial charge in [-0.3, -0.25) is 9.59 Å². The number of amides is 2. The number of carbonyl (C=O) groups excluding carboxylic acids is 2. The summed E-state index contributed by atoms with van der Waals surface area (Å²) in [7, 11) is 0. The van der Waals surface area contributed by atoms with Crippen molar-refractivity contribution in [3.05, 3.63) is 46.7 Å². The highest BCUT2D eigenvalue weighted by atomic mass is 32.1. The highest BCUT2D eigenvalue weighted by Gasteiger charge is 2.38. The fraction of sp³-hybridized carbons (Fsp3) is 0.538. The van der Waals surface area contributed by atoms with E-state index in [9.17, 15) is 9.59 Å². The molecule has 7 nitrogen and oxygen atoms in total. The van der Waals surface area contributed by atoms with E-state index in [1.54, 1.807) is 11.0 Å². The molecule has 1 saturated carbocycles. The average molecular weight is 487 g/mol. The summed E-state index contributed by atoms with van der Waals surface area (Å²) < 4.78 is 17.3. The van der Waals surface area contributed by atoms with Gasteiger partial charge in [-0.05, 0) is 49.8 Å². The maximum Gasteiger partial charge on any atom is 0.268 e. The van der Waals surface area contributed by atoms with Crippen LogP contribution in [-0.2, 0) is 14.3 Å². The zero-order valence-corrected chi connectivity index (χ0v) is 20.6. The zero-order chi connectivity index (χ0) is 23.8. The van der Waals surface area contributed by atoms with E-state index >= 15 is 0 Å². The highest BCUT2D eigenvalue weighted by Crippen LogP contribution is 2.33. The van der Waals surface area contributed by atoms with Crippen molar-refractivity contribution in [2.75, 3.05) is 26.4 Å². The van der Waals surface area contributed by atoms with Crippen LogP contribution < -0.4 is 14.8 Å². The van der Waals surface area contributed by atoms with E-state index in [0.717, 1.165) is 30.6 Å². The number of hydrogen-bond acceptors (Lipinski definition) is 6. The van der Waals surface area contributed by atoms with E-state index in [-0.39, 0.29) is 24.5 Å². The van der Waals surface area contributed by atoms with E-state index in [0.29, 0.717) is 37.7 Å². The summed E-state index contributed by atoms with van der Waals surface area (Å²) >= 11 is 1.49. The van der Waals surface area contributed by atoms with Gasteiger partial charge in [0.2, 0.25) is 12.0 Å². The summed E-state index contributed by atoms with van der Waals surface area (Å²) in [6, 6.07) is 10.6. The molecule has 34 heavy (non-hydrogen) atoms. The van der Waals surface area contributed by atoms with Gasteiger partial charge in [-0.25, -0.2) is 0 Å². The Morgan fingerprint density at radius 2 is 1.94 bits per heavy atom. The van der Waals surface area contributed by atoms with E-state index in [1.165, 1.54) is 17.8 Å². The summed E-state index contributed by atoms with van der Waals surface area (Å²) in [4.78, 5) is 29.9. The largest absolute Gasteiger partial charge is 0.485 e. The van der Waals surface area contributed by atoms with Crippen molar-refractivity contribution < 1.29 is 23.8 Å². The van der Waals surface area contributed by atoms with Crippen molar-refractivity contribution in [1.29, 1.82) is 0 Å². The first kappa shape index (κ1) is 24.5. The summed E-state index contributed by atoms with van der Waals surface area (Å²) in [6.07, 6.45) is 5.24. The molecule has 0 spiro atoms. The van der Waals surface area contributed by atoms with E-state index in [2.05, 4.69) is 5.32 Å². The van der Waals surface area contributed by atoms with E-state index in [4.69, 9.17) is 14.2 Å². The van der Waals surface area contributed by atoms with Crippen molar-refractivity contribution >= 4 is 23.2 Å². The number of nitrogens with zero attached hydrogens (tertiary/aromatic N) is 1. The Kier molecular flexibility index (Phi) is 8.82. The molecule has 2 heterocycles.